The molecule has 1 heterocycles. The van der Waals surface area contributed by atoms with E-state index in [0.29, 0.717) is 11.6 Å². The van der Waals surface area contributed by atoms with Gasteiger partial charge in [-0.1, -0.05) is 32.4 Å². The molecule has 0 saturated carbocycles. The van der Waals surface area contributed by atoms with Gasteiger partial charge in [-0.25, -0.2) is 0 Å². The van der Waals surface area contributed by atoms with Crippen molar-refractivity contribution in [2.45, 2.75) is 66.0 Å². The first-order chi connectivity index (χ1) is 8.36. The Balaban J connectivity index is 2.69. The fourth-order valence-corrected chi connectivity index (χ4v) is 2.65. The Bertz CT molecular complexity index is 279. The fourth-order valence-electron chi connectivity index (χ4n) is 2.65. The van der Waals surface area contributed by atoms with Crippen LogP contribution in [0.15, 0.2) is 11.6 Å². The van der Waals surface area contributed by atoms with Gasteiger partial charge in [0.15, 0.2) is 0 Å². The topological polar surface area (TPSA) is 15.3 Å². The highest BCUT2D eigenvalue weighted by Crippen LogP contribution is 2.22. The molecule has 0 aromatic rings. The van der Waals surface area contributed by atoms with Gasteiger partial charge in [-0.05, 0) is 39.5 Å². The first-order valence-electron chi connectivity index (χ1n) is 7.48. The minimum Gasteiger partial charge on any atom is -0.309 e. The molecule has 1 saturated heterocycles. The molecule has 18 heavy (non-hydrogen) atoms. The molecular weight excluding hydrogens is 220 g/mol. The zero-order valence-corrected chi connectivity index (χ0v) is 13.2. The zero-order valence-electron chi connectivity index (χ0n) is 13.2. The quantitative estimate of drug-likeness (QED) is 0.754. The summed E-state index contributed by atoms with van der Waals surface area (Å²) in [6.45, 7) is 17.1. The van der Waals surface area contributed by atoms with Gasteiger partial charge in [0, 0.05) is 31.2 Å². The third-order valence-electron chi connectivity index (χ3n) is 4.09. The molecule has 1 aliphatic rings. The number of hydrogen-bond donors (Lipinski definition) is 1. The molecular formula is C16H32N2. The van der Waals surface area contributed by atoms with Gasteiger partial charge in [-0.2, -0.15) is 0 Å². The number of rotatable bonds is 5. The number of piperazine rings is 1. The van der Waals surface area contributed by atoms with Crippen LogP contribution in [0.1, 0.15) is 54.4 Å². The lowest BCUT2D eigenvalue weighted by atomic mass is 9.90. The van der Waals surface area contributed by atoms with Gasteiger partial charge in [0.05, 0.1) is 0 Å². The van der Waals surface area contributed by atoms with E-state index in [4.69, 9.17) is 0 Å². The van der Waals surface area contributed by atoms with E-state index in [9.17, 15) is 0 Å². The van der Waals surface area contributed by atoms with Gasteiger partial charge in [0.1, 0.15) is 0 Å². The summed E-state index contributed by atoms with van der Waals surface area (Å²) in [6.07, 6.45) is 4.87. The maximum Gasteiger partial charge on any atom is 0.0278 e. The predicted molar refractivity (Wildman–Crippen MR) is 80.9 cm³/mol. The van der Waals surface area contributed by atoms with Crippen molar-refractivity contribution in [3.8, 4) is 0 Å². The normalized spacial score (nSPS) is 29.6. The van der Waals surface area contributed by atoms with Gasteiger partial charge < -0.3 is 5.32 Å². The van der Waals surface area contributed by atoms with Crippen molar-refractivity contribution in [3.05, 3.63) is 11.6 Å². The van der Waals surface area contributed by atoms with E-state index >= 15 is 0 Å². The minimum absolute atomic E-state index is 0.295. The Morgan fingerprint density at radius 1 is 1.44 bits per heavy atom. The summed E-state index contributed by atoms with van der Waals surface area (Å²) in [5, 5.41) is 3.76. The second-order valence-electron chi connectivity index (χ2n) is 6.79. The Hall–Kier alpha value is -0.340. The molecule has 2 nitrogen and oxygen atoms in total. The van der Waals surface area contributed by atoms with Crippen LogP contribution in [0.25, 0.3) is 0 Å². The minimum atomic E-state index is 0.295. The van der Waals surface area contributed by atoms with E-state index in [-0.39, 0.29) is 0 Å². The molecule has 106 valence electrons. The largest absolute Gasteiger partial charge is 0.309 e. The van der Waals surface area contributed by atoms with Crippen LogP contribution in [0.3, 0.4) is 0 Å². The van der Waals surface area contributed by atoms with E-state index in [0.717, 1.165) is 19.0 Å². The second kappa shape index (κ2) is 6.72. The van der Waals surface area contributed by atoms with Crippen LogP contribution < -0.4 is 5.32 Å². The summed E-state index contributed by atoms with van der Waals surface area (Å²) >= 11 is 0. The maximum absolute atomic E-state index is 3.76. The number of nitrogens with zero attached hydrogens (tertiary/aromatic N) is 1. The average Bonchev–Trinajstić information content (AvgIpc) is 2.29. The molecule has 0 radical (unpaired) electrons. The lowest BCUT2D eigenvalue weighted by molar-refractivity contribution is 0.0835. The van der Waals surface area contributed by atoms with Crippen LogP contribution in [-0.2, 0) is 0 Å². The Kier molecular flexibility index (Phi) is 5.87. The van der Waals surface area contributed by atoms with Gasteiger partial charge in [-0.15, -0.1) is 0 Å². The van der Waals surface area contributed by atoms with Crippen LogP contribution in [0.5, 0.6) is 0 Å². The van der Waals surface area contributed by atoms with Crippen molar-refractivity contribution in [1.82, 2.24) is 10.2 Å². The van der Waals surface area contributed by atoms with Crippen molar-refractivity contribution < 1.29 is 0 Å². The molecule has 0 bridgehead atoms. The highest BCUT2D eigenvalue weighted by Gasteiger charge is 2.33. The molecule has 2 atom stereocenters. The molecule has 1 rings (SSSR count). The third kappa shape index (κ3) is 4.74. The zero-order chi connectivity index (χ0) is 13.8. The molecule has 1 aliphatic heterocycles. The first-order valence-corrected chi connectivity index (χ1v) is 7.48. The van der Waals surface area contributed by atoms with Crippen molar-refractivity contribution in [1.29, 1.82) is 0 Å². The Morgan fingerprint density at radius 3 is 2.61 bits per heavy atom. The summed E-state index contributed by atoms with van der Waals surface area (Å²) < 4.78 is 0. The van der Waals surface area contributed by atoms with E-state index in [1.165, 1.54) is 25.0 Å². The SMILES string of the molecule is CCC1(C)CN(CC=C(C)C)C(CC(C)C)CN1. The van der Waals surface area contributed by atoms with E-state index in [2.05, 4.69) is 57.8 Å². The Morgan fingerprint density at radius 2 is 2.11 bits per heavy atom. The van der Waals surface area contributed by atoms with E-state index < -0.39 is 0 Å². The van der Waals surface area contributed by atoms with Gasteiger partial charge in [0.25, 0.3) is 0 Å². The van der Waals surface area contributed by atoms with Crippen LogP contribution in [-0.4, -0.2) is 36.1 Å². The summed E-state index contributed by atoms with van der Waals surface area (Å²) in [7, 11) is 0. The average molecular weight is 252 g/mol. The molecule has 0 aliphatic carbocycles. The van der Waals surface area contributed by atoms with Crippen LogP contribution >= 0.6 is 0 Å². The molecule has 2 unspecified atom stereocenters. The predicted octanol–water partition coefficient (Wildman–Crippen LogP) is 3.44. The highest BCUT2D eigenvalue weighted by atomic mass is 15.2. The summed E-state index contributed by atoms with van der Waals surface area (Å²) in [4.78, 5) is 2.67. The van der Waals surface area contributed by atoms with Crippen LogP contribution in [0.2, 0.25) is 0 Å². The van der Waals surface area contributed by atoms with Crippen molar-refractivity contribution in [3.63, 3.8) is 0 Å². The van der Waals surface area contributed by atoms with Crippen molar-refractivity contribution >= 4 is 0 Å². The van der Waals surface area contributed by atoms with Crippen LogP contribution in [0, 0.1) is 5.92 Å². The van der Waals surface area contributed by atoms with E-state index in [1.807, 2.05) is 0 Å². The lowest BCUT2D eigenvalue weighted by Gasteiger charge is -2.46. The summed E-state index contributed by atoms with van der Waals surface area (Å²) in [6, 6.07) is 0.695. The smallest absolute Gasteiger partial charge is 0.0278 e. The molecule has 0 aromatic heterocycles. The summed E-state index contributed by atoms with van der Waals surface area (Å²) in [5.41, 5.74) is 1.72. The molecule has 0 aromatic carbocycles. The molecule has 1 N–H and O–H groups in total. The summed E-state index contributed by atoms with van der Waals surface area (Å²) in [5.74, 6) is 0.775. The molecule has 1 fully saturated rings. The van der Waals surface area contributed by atoms with E-state index in [1.54, 1.807) is 0 Å². The first kappa shape index (κ1) is 15.7. The molecule has 2 heteroatoms. The standard InChI is InChI=1S/C16H32N2/c1-7-16(6)12-18(9-8-13(2)3)15(11-17-16)10-14(4)5/h8,14-15,17H,7,9-12H2,1-6H3. The monoisotopic (exact) mass is 252 g/mol. The second-order valence-corrected chi connectivity index (χ2v) is 6.79. The van der Waals surface area contributed by atoms with Gasteiger partial charge in [0.2, 0.25) is 0 Å². The third-order valence-corrected chi connectivity index (χ3v) is 4.09. The lowest BCUT2D eigenvalue weighted by Crippen LogP contribution is -2.62. The number of nitrogens with one attached hydrogen (secondary N) is 1. The Labute approximate surface area is 114 Å². The molecule has 0 spiro atoms. The highest BCUT2D eigenvalue weighted by molar-refractivity contribution is 5.00. The van der Waals surface area contributed by atoms with Crippen molar-refractivity contribution in [2.24, 2.45) is 5.92 Å². The fraction of sp³-hybridized carbons (Fsp3) is 0.875. The maximum atomic E-state index is 3.76. The van der Waals surface area contributed by atoms with Crippen molar-refractivity contribution in [2.75, 3.05) is 19.6 Å². The molecule has 0 amide bonds. The van der Waals surface area contributed by atoms with Gasteiger partial charge in [-0.3, -0.25) is 4.90 Å². The van der Waals surface area contributed by atoms with Gasteiger partial charge >= 0.3 is 0 Å². The number of hydrogen-bond acceptors (Lipinski definition) is 2. The van der Waals surface area contributed by atoms with Crippen LogP contribution in [0.4, 0.5) is 0 Å². The number of allylic oxidation sites excluding steroid dienone is 1.